The summed E-state index contributed by atoms with van der Waals surface area (Å²) in [6, 6.07) is 6.52. The lowest BCUT2D eigenvalue weighted by Gasteiger charge is -2.23. The van der Waals surface area contributed by atoms with Crippen molar-refractivity contribution in [3.8, 4) is 5.75 Å². The molecule has 7 heteroatoms. The number of anilines is 1. The van der Waals surface area contributed by atoms with Crippen molar-refractivity contribution in [1.29, 1.82) is 0 Å². The zero-order valence-electron chi connectivity index (χ0n) is 13.2. The number of nitrogens with one attached hydrogen (secondary N) is 1. The number of hydrogen-bond acceptors (Lipinski definition) is 3. The van der Waals surface area contributed by atoms with Crippen molar-refractivity contribution in [2.45, 2.75) is 26.7 Å². The van der Waals surface area contributed by atoms with Gasteiger partial charge in [-0.3, -0.25) is 9.48 Å². The second-order valence-electron chi connectivity index (χ2n) is 6.05. The Bertz CT molecular complexity index is 694. The van der Waals surface area contributed by atoms with Crippen LogP contribution < -0.4 is 5.32 Å². The Labute approximate surface area is 132 Å². The highest BCUT2D eigenvalue weighted by atomic mass is 19.3. The number of aromatic hydroxyl groups is 1. The molecule has 1 aromatic carbocycles. The van der Waals surface area contributed by atoms with Crippen molar-refractivity contribution < 1.29 is 18.7 Å². The molecule has 0 saturated heterocycles. The number of alkyl halides is 2. The monoisotopic (exact) mass is 323 g/mol. The van der Waals surface area contributed by atoms with Crippen LogP contribution in [0, 0.1) is 5.41 Å². The summed E-state index contributed by atoms with van der Waals surface area (Å²) in [5, 5.41) is 15.6. The van der Waals surface area contributed by atoms with Gasteiger partial charge in [0, 0.05) is 12.5 Å². The minimum atomic E-state index is -2.72. The maximum Gasteiger partial charge on any atom is 0.282 e. The summed E-state index contributed by atoms with van der Waals surface area (Å²) in [7, 11) is 1.40. The number of hydrogen-bond donors (Lipinski definition) is 2. The van der Waals surface area contributed by atoms with E-state index < -0.39 is 11.8 Å². The number of phenolic OH excluding ortho intramolecular Hbond substituents is 1. The molecule has 0 saturated carbocycles. The van der Waals surface area contributed by atoms with Gasteiger partial charge >= 0.3 is 0 Å². The van der Waals surface area contributed by atoms with E-state index in [0.717, 1.165) is 10.2 Å². The smallest absolute Gasteiger partial charge is 0.282 e. The second kappa shape index (κ2) is 6.36. The van der Waals surface area contributed by atoms with Crippen LogP contribution in [0.2, 0.25) is 0 Å². The summed E-state index contributed by atoms with van der Waals surface area (Å²) >= 11 is 0. The minimum absolute atomic E-state index is 0.0197. The maximum absolute atomic E-state index is 13.0. The number of rotatable bonds is 5. The van der Waals surface area contributed by atoms with E-state index >= 15 is 0 Å². The molecule has 1 amide bonds. The molecule has 0 aliphatic carbocycles. The molecule has 0 unspecified atom stereocenters. The molecule has 0 spiro atoms. The third-order valence-corrected chi connectivity index (χ3v) is 3.64. The second-order valence-corrected chi connectivity index (χ2v) is 6.05. The van der Waals surface area contributed by atoms with Crippen LogP contribution in [-0.2, 0) is 18.3 Å². The number of aromatic nitrogens is 2. The molecule has 0 aliphatic heterocycles. The Morgan fingerprint density at radius 1 is 1.35 bits per heavy atom. The summed E-state index contributed by atoms with van der Waals surface area (Å²) in [4.78, 5) is 12.4. The molecule has 124 valence electrons. The molecule has 0 radical (unpaired) electrons. The predicted octanol–water partition coefficient (Wildman–Crippen LogP) is 3.27. The quantitative estimate of drug-likeness (QED) is 0.887. The van der Waals surface area contributed by atoms with Gasteiger partial charge in [0.05, 0.1) is 11.9 Å². The van der Waals surface area contributed by atoms with Gasteiger partial charge in [-0.15, -0.1) is 0 Å². The Morgan fingerprint density at radius 3 is 2.52 bits per heavy atom. The van der Waals surface area contributed by atoms with Gasteiger partial charge in [-0.2, -0.15) is 5.10 Å². The lowest BCUT2D eigenvalue weighted by atomic mass is 9.84. The molecule has 0 aliphatic rings. The van der Waals surface area contributed by atoms with Gasteiger partial charge in [0.2, 0.25) is 5.91 Å². The van der Waals surface area contributed by atoms with Crippen LogP contribution in [0.1, 0.15) is 31.5 Å². The fourth-order valence-corrected chi connectivity index (χ4v) is 2.30. The standard InChI is InChI=1S/C16H19F2N3O2/c1-16(2,8-10-4-6-11(22)7-5-10)15(23)20-12-9-19-21(3)13(12)14(17)18/h4-7,9,14,22H,8H2,1-3H3,(H,20,23). The number of halogens is 2. The van der Waals surface area contributed by atoms with Gasteiger partial charge < -0.3 is 10.4 Å². The number of aryl methyl sites for hydroxylation is 1. The van der Waals surface area contributed by atoms with Crippen LogP contribution in [0.4, 0.5) is 14.5 Å². The molecule has 2 aromatic rings. The average Bonchev–Trinajstić information content (AvgIpc) is 2.82. The first-order valence-electron chi connectivity index (χ1n) is 7.10. The van der Waals surface area contributed by atoms with Crippen LogP contribution >= 0.6 is 0 Å². The molecule has 1 aromatic heterocycles. The van der Waals surface area contributed by atoms with Gasteiger partial charge in [-0.25, -0.2) is 8.78 Å². The number of carbonyl (C=O) groups excluding carboxylic acids is 1. The molecule has 2 N–H and O–H groups in total. The lowest BCUT2D eigenvalue weighted by Crippen LogP contribution is -2.33. The third kappa shape index (κ3) is 3.85. The maximum atomic E-state index is 13.0. The number of carbonyl (C=O) groups is 1. The van der Waals surface area contributed by atoms with Gasteiger partial charge in [0.25, 0.3) is 6.43 Å². The molecular weight excluding hydrogens is 304 g/mol. The third-order valence-electron chi connectivity index (χ3n) is 3.64. The summed E-state index contributed by atoms with van der Waals surface area (Å²) in [5.74, 6) is -0.228. The summed E-state index contributed by atoms with van der Waals surface area (Å²) < 4.78 is 27.1. The van der Waals surface area contributed by atoms with E-state index in [1.54, 1.807) is 38.1 Å². The van der Waals surface area contributed by atoms with Gasteiger partial charge in [0.15, 0.2) is 0 Å². The van der Waals surface area contributed by atoms with Crippen molar-refractivity contribution in [2.24, 2.45) is 12.5 Å². The first kappa shape index (κ1) is 16.9. The van der Waals surface area contributed by atoms with Crippen LogP contribution in [0.15, 0.2) is 30.5 Å². The highest BCUT2D eigenvalue weighted by molar-refractivity contribution is 5.95. The SMILES string of the molecule is Cn1ncc(NC(=O)C(C)(C)Cc2ccc(O)cc2)c1C(F)F. The van der Waals surface area contributed by atoms with Crippen molar-refractivity contribution in [3.63, 3.8) is 0 Å². The number of amides is 1. The Kier molecular flexibility index (Phi) is 4.68. The zero-order chi connectivity index (χ0) is 17.2. The van der Waals surface area contributed by atoms with Crippen LogP contribution in [-0.4, -0.2) is 20.8 Å². The molecule has 5 nitrogen and oxygen atoms in total. The van der Waals surface area contributed by atoms with Gasteiger partial charge in [-0.05, 0) is 24.1 Å². The van der Waals surface area contributed by atoms with E-state index in [-0.39, 0.29) is 23.0 Å². The molecule has 2 rings (SSSR count). The van der Waals surface area contributed by atoms with E-state index in [2.05, 4.69) is 10.4 Å². The fourth-order valence-electron chi connectivity index (χ4n) is 2.30. The van der Waals surface area contributed by atoms with Crippen LogP contribution in [0.25, 0.3) is 0 Å². The van der Waals surface area contributed by atoms with E-state index in [0.29, 0.717) is 6.42 Å². The van der Waals surface area contributed by atoms with E-state index in [1.807, 2.05) is 0 Å². The van der Waals surface area contributed by atoms with Crippen molar-refractivity contribution >= 4 is 11.6 Å². The number of benzene rings is 1. The van der Waals surface area contributed by atoms with Gasteiger partial charge in [-0.1, -0.05) is 26.0 Å². The van der Waals surface area contributed by atoms with Crippen LogP contribution in [0.5, 0.6) is 5.75 Å². The fraction of sp³-hybridized carbons (Fsp3) is 0.375. The van der Waals surface area contributed by atoms with Gasteiger partial charge in [0.1, 0.15) is 11.4 Å². The van der Waals surface area contributed by atoms with E-state index in [9.17, 15) is 18.7 Å². The Hall–Kier alpha value is -2.44. The Morgan fingerprint density at radius 2 is 1.96 bits per heavy atom. The molecule has 0 atom stereocenters. The summed E-state index contributed by atoms with van der Waals surface area (Å²) in [6.45, 7) is 3.46. The molecule has 1 heterocycles. The number of phenols is 1. The van der Waals surface area contributed by atoms with Crippen molar-refractivity contribution in [2.75, 3.05) is 5.32 Å². The molecular formula is C16H19F2N3O2. The first-order chi connectivity index (χ1) is 10.7. The number of nitrogens with zero attached hydrogens (tertiary/aromatic N) is 2. The lowest BCUT2D eigenvalue weighted by molar-refractivity contribution is -0.123. The normalized spacial score (nSPS) is 11.7. The summed E-state index contributed by atoms with van der Waals surface area (Å²) in [6.07, 6.45) is -1.10. The highest BCUT2D eigenvalue weighted by Gasteiger charge is 2.30. The van der Waals surface area contributed by atoms with Crippen molar-refractivity contribution in [1.82, 2.24) is 9.78 Å². The minimum Gasteiger partial charge on any atom is -0.508 e. The van der Waals surface area contributed by atoms with E-state index in [4.69, 9.17) is 0 Å². The Balaban J connectivity index is 2.14. The highest BCUT2D eigenvalue weighted by Crippen LogP contribution is 2.29. The molecule has 0 bridgehead atoms. The largest absolute Gasteiger partial charge is 0.508 e. The average molecular weight is 323 g/mol. The first-order valence-corrected chi connectivity index (χ1v) is 7.10. The summed E-state index contributed by atoms with van der Waals surface area (Å²) in [5.41, 5.74) is -0.250. The van der Waals surface area contributed by atoms with E-state index in [1.165, 1.54) is 13.2 Å². The topological polar surface area (TPSA) is 67.2 Å². The van der Waals surface area contributed by atoms with Crippen LogP contribution in [0.3, 0.4) is 0 Å². The molecule has 0 fully saturated rings. The van der Waals surface area contributed by atoms with Crippen molar-refractivity contribution in [3.05, 3.63) is 41.7 Å². The predicted molar refractivity (Wildman–Crippen MR) is 82.4 cm³/mol. The zero-order valence-corrected chi connectivity index (χ0v) is 13.2. The molecule has 23 heavy (non-hydrogen) atoms.